The van der Waals surface area contributed by atoms with Crippen LogP contribution in [0.25, 0.3) is 0 Å². The number of terminal acetylenes is 1. The minimum absolute atomic E-state index is 0.161. The molecule has 0 aliphatic heterocycles. The Hall–Kier alpha value is -1.96. The Balaban J connectivity index is 2.86. The van der Waals surface area contributed by atoms with Gasteiger partial charge in [0.05, 0.1) is 0 Å². The number of nitrogens with two attached hydrogens (primary N) is 1. The van der Waals surface area contributed by atoms with Crippen molar-refractivity contribution in [3.63, 3.8) is 0 Å². The van der Waals surface area contributed by atoms with Gasteiger partial charge in [-0.25, -0.2) is 0 Å². The Morgan fingerprint density at radius 1 is 1.53 bits per heavy atom. The fourth-order valence-electron chi connectivity index (χ4n) is 1.13. The summed E-state index contributed by atoms with van der Waals surface area (Å²) in [6.07, 6.45) is 6.34. The van der Waals surface area contributed by atoms with Crippen molar-refractivity contribution in [1.82, 2.24) is 9.97 Å². The maximum Gasteiger partial charge on any atom is 0.225 e. The quantitative estimate of drug-likeness (QED) is 0.758. The number of rotatable bonds is 5. The van der Waals surface area contributed by atoms with E-state index in [0.717, 1.165) is 13.0 Å². The predicted molar refractivity (Wildman–Crippen MR) is 68.8 cm³/mol. The molecule has 0 saturated carbocycles. The average Bonchev–Trinajstić information content (AvgIpc) is 2.25. The molecule has 0 atom stereocenters. The van der Waals surface area contributed by atoms with Crippen molar-refractivity contribution in [2.75, 3.05) is 17.6 Å². The highest BCUT2D eigenvalue weighted by atomic mass is 16.5. The molecule has 0 fully saturated rings. The number of nitrogen functional groups attached to an aromatic ring is 1. The van der Waals surface area contributed by atoms with E-state index in [1.807, 2.05) is 0 Å². The number of aromatic nitrogens is 2. The van der Waals surface area contributed by atoms with E-state index in [0.29, 0.717) is 11.7 Å². The minimum Gasteiger partial charge on any atom is -0.458 e. The molecule has 0 amide bonds. The van der Waals surface area contributed by atoms with Gasteiger partial charge in [-0.1, -0.05) is 12.8 Å². The summed E-state index contributed by atoms with van der Waals surface area (Å²) in [5, 5.41) is 3.12. The number of hydrogen-bond acceptors (Lipinski definition) is 5. The third kappa shape index (κ3) is 4.19. The molecule has 92 valence electrons. The smallest absolute Gasteiger partial charge is 0.225 e. The molecule has 0 radical (unpaired) electrons. The van der Waals surface area contributed by atoms with Gasteiger partial charge in [-0.3, -0.25) is 0 Å². The molecule has 0 aliphatic carbocycles. The van der Waals surface area contributed by atoms with E-state index in [4.69, 9.17) is 16.9 Å². The van der Waals surface area contributed by atoms with Crippen molar-refractivity contribution in [3.8, 4) is 18.2 Å². The molecule has 5 heteroatoms. The SMILES string of the molecule is C#CC(C)(C)Oc1cc(NCCC)nc(N)n1. The largest absolute Gasteiger partial charge is 0.458 e. The topological polar surface area (TPSA) is 73.1 Å². The molecule has 3 N–H and O–H groups in total. The van der Waals surface area contributed by atoms with E-state index in [9.17, 15) is 0 Å². The van der Waals surface area contributed by atoms with Crippen LogP contribution in [0.1, 0.15) is 27.2 Å². The normalized spacial score (nSPS) is 10.7. The second-order valence-corrected chi connectivity index (χ2v) is 4.13. The van der Waals surface area contributed by atoms with Gasteiger partial charge in [0, 0.05) is 12.6 Å². The lowest BCUT2D eigenvalue weighted by molar-refractivity contribution is 0.165. The summed E-state index contributed by atoms with van der Waals surface area (Å²) >= 11 is 0. The van der Waals surface area contributed by atoms with Gasteiger partial charge >= 0.3 is 0 Å². The molecule has 17 heavy (non-hydrogen) atoms. The average molecular weight is 234 g/mol. The second kappa shape index (κ2) is 5.39. The first-order valence-electron chi connectivity index (χ1n) is 5.52. The Morgan fingerprint density at radius 3 is 2.82 bits per heavy atom. The zero-order valence-corrected chi connectivity index (χ0v) is 10.4. The van der Waals surface area contributed by atoms with Gasteiger partial charge in [0.1, 0.15) is 5.82 Å². The van der Waals surface area contributed by atoms with Crippen LogP contribution in [0.4, 0.5) is 11.8 Å². The number of nitrogens with one attached hydrogen (secondary N) is 1. The van der Waals surface area contributed by atoms with Gasteiger partial charge in [-0.2, -0.15) is 9.97 Å². The highest BCUT2D eigenvalue weighted by Crippen LogP contribution is 2.19. The summed E-state index contributed by atoms with van der Waals surface area (Å²) in [6.45, 7) is 6.44. The van der Waals surface area contributed by atoms with Gasteiger partial charge in [0.25, 0.3) is 0 Å². The maximum absolute atomic E-state index is 5.60. The van der Waals surface area contributed by atoms with Crippen LogP contribution >= 0.6 is 0 Å². The van der Waals surface area contributed by atoms with Crippen LogP contribution in [-0.2, 0) is 0 Å². The second-order valence-electron chi connectivity index (χ2n) is 4.13. The van der Waals surface area contributed by atoms with Gasteiger partial charge in [-0.05, 0) is 20.3 Å². The van der Waals surface area contributed by atoms with E-state index in [-0.39, 0.29) is 5.95 Å². The number of hydrogen-bond donors (Lipinski definition) is 2. The number of anilines is 2. The van der Waals surface area contributed by atoms with E-state index >= 15 is 0 Å². The molecule has 0 aromatic carbocycles. The lowest BCUT2D eigenvalue weighted by atomic mass is 10.1. The van der Waals surface area contributed by atoms with Crippen molar-refractivity contribution < 1.29 is 4.74 Å². The summed E-state index contributed by atoms with van der Waals surface area (Å²) in [4.78, 5) is 8.04. The van der Waals surface area contributed by atoms with Gasteiger partial charge in [0.2, 0.25) is 11.8 Å². The molecule has 1 aromatic heterocycles. The minimum atomic E-state index is -0.719. The maximum atomic E-state index is 5.60. The van der Waals surface area contributed by atoms with Gasteiger partial charge < -0.3 is 15.8 Å². The molecule has 0 saturated heterocycles. The van der Waals surface area contributed by atoms with Crippen LogP contribution < -0.4 is 15.8 Å². The molecule has 1 heterocycles. The van der Waals surface area contributed by atoms with E-state index in [1.54, 1.807) is 19.9 Å². The van der Waals surface area contributed by atoms with Crippen LogP contribution in [0.3, 0.4) is 0 Å². The third-order valence-corrected chi connectivity index (χ3v) is 1.98. The summed E-state index contributed by atoms with van der Waals surface area (Å²) in [5.74, 6) is 3.70. The van der Waals surface area contributed by atoms with Crippen LogP contribution in [0.2, 0.25) is 0 Å². The molecule has 0 bridgehead atoms. The first-order valence-corrected chi connectivity index (χ1v) is 5.52. The van der Waals surface area contributed by atoms with Crippen molar-refractivity contribution in [2.45, 2.75) is 32.8 Å². The van der Waals surface area contributed by atoms with Crippen LogP contribution in [-0.4, -0.2) is 22.1 Å². The van der Waals surface area contributed by atoms with Gasteiger partial charge in [-0.15, -0.1) is 6.42 Å². The first kappa shape index (κ1) is 13.1. The lowest BCUT2D eigenvalue weighted by Crippen LogP contribution is -2.26. The number of ether oxygens (including phenoxy) is 1. The van der Waals surface area contributed by atoms with E-state index in [2.05, 4.69) is 28.1 Å². The molecular formula is C12H18N4O. The van der Waals surface area contributed by atoms with Crippen molar-refractivity contribution in [1.29, 1.82) is 0 Å². The highest BCUT2D eigenvalue weighted by Gasteiger charge is 2.17. The molecule has 0 spiro atoms. The summed E-state index contributed by atoms with van der Waals surface area (Å²) in [7, 11) is 0. The van der Waals surface area contributed by atoms with Crippen LogP contribution in [0, 0.1) is 12.3 Å². The summed E-state index contributed by atoms with van der Waals surface area (Å²) < 4.78 is 5.55. The fraction of sp³-hybridized carbons (Fsp3) is 0.500. The Morgan fingerprint density at radius 2 is 2.24 bits per heavy atom. The first-order chi connectivity index (χ1) is 7.96. The number of nitrogens with zero attached hydrogens (tertiary/aromatic N) is 2. The van der Waals surface area contributed by atoms with Crippen LogP contribution in [0.5, 0.6) is 5.88 Å². The molecule has 1 aromatic rings. The molecule has 0 aliphatic rings. The molecule has 1 rings (SSSR count). The predicted octanol–water partition coefficient (Wildman–Crippen LogP) is 1.67. The van der Waals surface area contributed by atoms with Crippen molar-refractivity contribution >= 4 is 11.8 Å². The van der Waals surface area contributed by atoms with Crippen molar-refractivity contribution in [2.24, 2.45) is 0 Å². The highest BCUT2D eigenvalue weighted by molar-refractivity contribution is 5.43. The van der Waals surface area contributed by atoms with E-state index in [1.165, 1.54) is 0 Å². The zero-order chi connectivity index (χ0) is 12.9. The summed E-state index contributed by atoms with van der Waals surface area (Å²) in [5.41, 5.74) is 4.88. The van der Waals surface area contributed by atoms with Crippen molar-refractivity contribution in [3.05, 3.63) is 6.07 Å². The summed E-state index contributed by atoms with van der Waals surface area (Å²) in [6, 6.07) is 1.69. The van der Waals surface area contributed by atoms with Gasteiger partial charge in [0.15, 0.2) is 5.60 Å². The zero-order valence-electron chi connectivity index (χ0n) is 10.4. The molecule has 5 nitrogen and oxygen atoms in total. The molecule has 0 unspecified atom stereocenters. The Bertz CT molecular complexity index is 423. The third-order valence-electron chi connectivity index (χ3n) is 1.98. The van der Waals surface area contributed by atoms with Crippen LogP contribution in [0.15, 0.2) is 6.07 Å². The Labute approximate surface area is 102 Å². The monoisotopic (exact) mass is 234 g/mol. The fourth-order valence-corrected chi connectivity index (χ4v) is 1.13. The standard InChI is InChI=1S/C12H18N4O/c1-5-7-14-9-8-10(16-11(13)15-9)17-12(3,4)6-2/h2,8H,5,7H2,1,3-4H3,(H3,13,14,15,16). The van der Waals surface area contributed by atoms with E-state index < -0.39 is 5.60 Å². The molecular weight excluding hydrogens is 216 g/mol. The Kier molecular flexibility index (Phi) is 4.16. The lowest BCUT2D eigenvalue weighted by Gasteiger charge is -2.19.